The molecule has 1 amide bonds. The van der Waals surface area contributed by atoms with E-state index in [-0.39, 0.29) is 12.3 Å². The normalized spacial score (nSPS) is 11.8. The second kappa shape index (κ2) is 10.6. The van der Waals surface area contributed by atoms with E-state index in [0.717, 1.165) is 12.0 Å². The van der Waals surface area contributed by atoms with Crippen LogP contribution in [0.1, 0.15) is 11.1 Å². The molecule has 0 bridgehead atoms. The average Bonchev–Trinajstić information content (AvgIpc) is 2.70. The van der Waals surface area contributed by atoms with Gasteiger partial charge in [-0.05, 0) is 23.3 Å². The van der Waals surface area contributed by atoms with Gasteiger partial charge in [0.1, 0.15) is 6.04 Å². The van der Waals surface area contributed by atoms with Gasteiger partial charge >= 0.3 is 0 Å². The van der Waals surface area contributed by atoms with Crippen LogP contribution < -0.4 is 24.4 Å². The van der Waals surface area contributed by atoms with Crippen LogP contribution in [0.5, 0.6) is 17.2 Å². The molecule has 0 unspecified atom stereocenters. The van der Waals surface area contributed by atoms with Crippen molar-refractivity contribution in [1.29, 1.82) is 0 Å². The molecule has 152 valence electrons. The van der Waals surface area contributed by atoms with Crippen LogP contribution in [0.3, 0.4) is 0 Å². The van der Waals surface area contributed by atoms with Crippen LogP contribution in [-0.2, 0) is 17.6 Å². The van der Waals surface area contributed by atoms with Crippen LogP contribution >= 0.6 is 0 Å². The Hall–Kier alpha value is -2.73. The number of hydrogen-bond donors (Lipinski definition) is 2. The molecule has 0 fully saturated rings. The zero-order valence-corrected chi connectivity index (χ0v) is 17.4. The fourth-order valence-corrected chi connectivity index (χ4v) is 3.10. The van der Waals surface area contributed by atoms with E-state index in [4.69, 9.17) is 14.2 Å². The first-order valence-corrected chi connectivity index (χ1v) is 9.38. The van der Waals surface area contributed by atoms with Gasteiger partial charge in [-0.25, -0.2) is 0 Å². The number of carbonyl (C=O) groups is 1. The Kier molecular flexibility index (Phi) is 8.14. The first-order chi connectivity index (χ1) is 13.5. The molecule has 0 saturated carbocycles. The zero-order valence-electron chi connectivity index (χ0n) is 17.4. The quantitative estimate of drug-likeness (QED) is 0.642. The first-order valence-electron chi connectivity index (χ1n) is 9.38. The lowest BCUT2D eigenvalue weighted by molar-refractivity contribution is -0.884. The second-order valence-corrected chi connectivity index (χ2v) is 6.98. The van der Waals surface area contributed by atoms with E-state index in [2.05, 4.69) is 31.5 Å². The van der Waals surface area contributed by atoms with Gasteiger partial charge in [-0.15, -0.1) is 0 Å². The van der Waals surface area contributed by atoms with Gasteiger partial charge in [0.15, 0.2) is 11.5 Å². The van der Waals surface area contributed by atoms with Crippen molar-refractivity contribution in [2.24, 2.45) is 0 Å². The first kappa shape index (κ1) is 21.6. The number of benzene rings is 2. The number of rotatable bonds is 10. The molecule has 0 radical (unpaired) electrons. The SMILES string of the molecule is COc1cc(CC(=O)NC[C@H](Cc2ccccc2)[NH+](C)C)cc(OC)c1OC. The Morgan fingerprint density at radius 3 is 2.07 bits per heavy atom. The molecular weight excluding hydrogens is 356 g/mol. The van der Waals surface area contributed by atoms with Crippen LogP contribution in [0.25, 0.3) is 0 Å². The number of methoxy groups -OCH3 is 3. The maximum absolute atomic E-state index is 12.5. The molecule has 1 atom stereocenters. The van der Waals surface area contributed by atoms with E-state index >= 15 is 0 Å². The monoisotopic (exact) mass is 387 g/mol. The van der Waals surface area contributed by atoms with Crippen molar-refractivity contribution in [1.82, 2.24) is 5.32 Å². The van der Waals surface area contributed by atoms with Crippen molar-refractivity contribution in [3.63, 3.8) is 0 Å². The molecule has 2 rings (SSSR count). The fraction of sp³-hybridized carbons (Fsp3) is 0.409. The van der Waals surface area contributed by atoms with Gasteiger partial charge in [-0.3, -0.25) is 4.79 Å². The molecule has 6 heteroatoms. The lowest BCUT2D eigenvalue weighted by Gasteiger charge is -2.22. The van der Waals surface area contributed by atoms with Gasteiger partial charge in [0.25, 0.3) is 0 Å². The van der Waals surface area contributed by atoms with Gasteiger partial charge in [0.05, 0.1) is 48.4 Å². The predicted octanol–water partition coefficient (Wildman–Crippen LogP) is 1.13. The van der Waals surface area contributed by atoms with E-state index < -0.39 is 0 Å². The summed E-state index contributed by atoms with van der Waals surface area (Å²) in [6, 6.07) is 14.2. The van der Waals surface area contributed by atoms with Gasteiger partial charge < -0.3 is 24.4 Å². The molecule has 0 aliphatic heterocycles. The molecule has 6 nitrogen and oxygen atoms in total. The highest BCUT2D eigenvalue weighted by molar-refractivity contribution is 5.79. The topological polar surface area (TPSA) is 61.2 Å². The molecule has 0 aromatic heterocycles. The summed E-state index contributed by atoms with van der Waals surface area (Å²) in [6.07, 6.45) is 1.16. The van der Waals surface area contributed by atoms with Gasteiger partial charge in [-0.1, -0.05) is 30.3 Å². The smallest absolute Gasteiger partial charge is 0.224 e. The predicted molar refractivity (Wildman–Crippen MR) is 110 cm³/mol. The molecule has 2 aromatic rings. The summed E-state index contributed by atoms with van der Waals surface area (Å²) < 4.78 is 16.0. The minimum Gasteiger partial charge on any atom is -0.493 e. The standard InChI is InChI=1S/C22H30N2O4/c1-24(2)18(11-16-9-7-6-8-10-16)15-23-21(25)14-17-12-19(26-3)22(28-5)20(13-17)27-4/h6-10,12-13,18H,11,14-15H2,1-5H3,(H,23,25)/p+1/t18-/m0/s1. The number of nitrogens with one attached hydrogen (secondary N) is 2. The molecule has 0 saturated heterocycles. The van der Waals surface area contributed by atoms with Crippen molar-refractivity contribution in [3.8, 4) is 17.2 Å². The summed E-state index contributed by atoms with van der Waals surface area (Å²) in [5.74, 6) is 1.58. The molecule has 2 N–H and O–H groups in total. The van der Waals surface area contributed by atoms with Crippen molar-refractivity contribution in [3.05, 3.63) is 53.6 Å². The summed E-state index contributed by atoms with van der Waals surface area (Å²) in [5.41, 5.74) is 2.08. The second-order valence-electron chi connectivity index (χ2n) is 6.98. The number of carbonyl (C=O) groups excluding carboxylic acids is 1. The Bertz CT molecular complexity index is 737. The van der Waals surface area contributed by atoms with Crippen molar-refractivity contribution < 1.29 is 23.9 Å². The number of amides is 1. The molecule has 0 spiro atoms. The summed E-state index contributed by atoms with van der Waals surface area (Å²) in [5, 5.41) is 3.06. The Morgan fingerprint density at radius 2 is 1.57 bits per heavy atom. The molecular formula is C22H31N2O4+. The van der Waals surface area contributed by atoms with Crippen LogP contribution in [0.2, 0.25) is 0 Å². The van der Waals surface area contributed by atoms with Crippen molar-refractivity contribution in [2.75, 3.05) is 42.0 Å². The molecule has 0 aliphatic carbocycles. The van der Waals surface area contributed by atoms with Gasteiger partial charge in [0, 0.05) is 6.42 Å². The molecule has 2 aromatic carbocycles. The van der Waals surface area contributed by atoms with Crippen molar-refractivity contribution in [2.45, 2.75) is 18.9 Å². The highest BCUT2D eigenvalue weighted by Gasteiger charge is 2.18. The van der Waals surface area contributed by atoms with Gasteiger partial charge in [-0.2, -0.15) is 0 Å². The van der Waals surface area contributed by atoms with E-state index in [9.17, 15) is 4.79 Å². The van der Waals surface area contributed by atoms with Crippen LogP contribution in [0, 0.1) is 0 Å². The summed E-state index contributed by atoms with van der Waals surface area (Å²) in [6.45, 7) is 0.612. The maximum atomic E-state index is 12.5. The largest absolute Gasteiger partial charge is 0.493 e. The Labute approximate surface area is 167 Å². The number of ether oxygens (including phenoxy) is 3. The highest BCUT2D eigenvalue weighted by Crippen LogP contribution is 2.38. The molecule has 0 aliphatic rings. The van der Waals surface area contributed by atoms with Gasteiger partial charge in [0.2, 0.25) is 11.7 Å². The Morgan fingerprint density at radius 1 is 0.964 bits per heavy atom. The fourth-order valence-electron chi connectivity index (χ4n) is 3.10. The molecule has 0 heterocycles. The van der Waals surface area contributed by atoms with Crippen LogP contribution in [-0.4, -0.2) is 53.9 Å². The zero-order chi connectivity index (χ0) is 20.5. The van der Waals surface area contributed by atoms with Crippen LogP contribution in [0.4, 0.5) is 0 Å². The van der Waals surface area contributed by atoms with E-state index in [1.165, 1.54) is 10.5 Å². The van der Waals surface area contributed by atoms with E-state index in [1.807, 2.05) is 18.2 Å². The number of hydrogen-bond acceptors (Lipinski definition) is 4. The Balaban J connectivity index is 2.00. The summed E-state index contributed by atoms with van der Waals surface area (Å²) >= 11 is 0. The van der Waals surface area contributed by atoms with E-state index in [0.29, 0.717) is 29.8 Å². The summed E-state index contributed by atoms with van der Waals surface area (Å²) in [7, 11) is 8.91. The summed E-state index contributed by atoms with van der Waals surface area (Å²) in [4.78, 5) is 13.8. The van der Waals surface area contributed by atoms with Crippen LogP contribution in [0.15, 0.2) is 42.5 Å². The van der Waals surface area contributed by atoms with Crippen molar-refractivity contribution >= 4 is 5.91 Å². The third-order valence-electron chi connectivity index (χ3n) is 4.78. The minimum absolute atomic E-state index is 0.0337. The number of quaternary nitrogens is 1. The lowest BCUT2D eigenvalue weighted by atomic mass is 10.0. The average molecular weight is 388 g/mol. The highest BCUT2D eigenvalue weighted by atomic mass is 16.5. The minimum atomic E-state index is -0.0337. The van der Waals surface area contributed by atoms with E-state index in [1.54, 1.807) is 33.5 Å². The number of likely N-dealkylation sites (N-methyl/N-ethyl adjacent to an activating group) is 1. The maximum Gasteiger partial charge on any atom is 0.224 e. The third-order valence-corrected chi connectivity index (χ3v) is 4.78. The lowest BCUT2D eigenvalue weighted by Crippen LogP contribution is -3.11. The third kappa shape index (κ3) is 5.89. The molecule has 28 heavy (non-hydrogen) atoms.